The van der Waals surface area contributed by atoms with Gasteiger partial charge in [0.2, 0.25) is 5.91 Å². The lowest BCUT2D eigenvalue weighted by molar-refractivity contribution is -0.127. The molecule has 1 aliphatic heterocycles. The molecule has 1 aliphatic rings. The van der Waals surface area contributed by atoms with Crippen molar-refractivity contribution < 1.29 is 18.8 Å². The summed E-state index contributed by atoms with van der Waals surface area (Å²) in [6, 6.07) is 19.0. The molecule has 0 unspecified atom stereocenters. The number of aromatic nitrogens is 1. The Kier molecular flexibility index (Phi) is 7.39. The van der Waals surface area contributed by atoms with Crippen molar-refractivity contribution in [2.45, 2.75) is 6.92 Å². The highest BCUT2D eigenvalue weighted by molar-refractivity contribution is 6.24. The lowest BCUT2D eigenvalue weighted by Gasteiger charge is -2.34. The van der Waals surface area contributed by atoms with Crippen LogP contribution >= 0.6 is 0 Å². The smallest absolute Gasteiger partial charge is 0.254 e. The number of anilines is 1. The average molecular weight is 461 g/mol. The second-order valence-corrected chi connectivity index (χ2v) is 8.11. The van der Waals surface area contributed by atoms with Crippen LogP contribution in [0.5, 0.6) is 5.75 Å². The molecule has 0 atom stereocenters. The van der Waals surface area contributed by atoms with E-state index in [9.17, 15) is 9.59 Å². The summed E-state index contributed by atoms with van der Waals surface area (Å²) in [6.45, 7) is 4.28. The van der Waals surface area contributed by atoms with Crippen LogP contribution in [0.1, 0.15) is 16.9 Å². The molecule has 0 saturated carbocycles. The Hall–Kier alpha value is -3.91. The van der Waals surface area contributed by atoms with Crippen LogP contribution in [0.4, 0.5) is 5.82 Å². The molecular weight excluding hydrogens is 432 g/mol. The molecule has 8 nitrogen and oxygen atoms in total. The molecule has 176 valence electrons. The van der Waals surface area contributed by atoms with E-state index >= 15 is 0 Å². The fraction of sp³-hybridized carbons (Fsp3) is 0.269. The summed E-state index contributed by atoms with van der Waals surface area (Å²) >= 11 is 0. The number of hydrogen-bond acceptors (Lipinski definition) is 6. The van der Waals surface area contributed by atoms with E-state index in [-0.39, 0.29) is 18.4 Å². The van der Waals surface area contributed by atoms with Crippen molar-refractivity contribution in [3.63, 3.8) is 0 Å². The highest BCUT2D eigenvalue weighted by Crippen LogP contribution is 2.26. The Bertz CT molecular complexity index is 1160. The number of carbonyl (C=O) groups excluding carboxylic acids is 2. The molecule has 1 saturated heterocycles. The Morgan fingerprint density at radius 2 is 1.76 bits per heavy atom. The summed E-state index contributed by atoms with van der Waals surface area (Å²) in [5, 5.41) is 6.52. The molecule has 2 amide bonds. The van der Waals surface area contributed by atoms with Gasteiger partial charge in [-0.15, -0.1) is 0 Å². The number of nitrogens with one attached hydrogen (secondary N) is 1. The van der Waals surface area contributed by atoms with Crippen molar-refractivity contribution in [2.24, 2.45) is 0 Å². The highest BCUT2D eigenvalue weighted by Gasteiger charge is 2.25. The van der Waals surface area contributed by atoms with Gasteiger partial charge in [0.1, 0.15) is 11.5 Å². The largest absolute Gasteiger partial charge is 0.496 e. The molecule has 0 spiro atoms. The van der Waals surface area contributed by atoms with Gasteiger partial charge in [-0.2, -0.15) is 0 Å². The number of hydrogen-bond donors (Lipinski definition) is 1. The Balaban J connectivity index is 1.44. The first-order valence-electron chi connectivity index (χ1n) is 11.2. The molecular formula is C26H28N4O4. The number of piperazine rings is 1. The van der Waals surface area contributed by atoms with Gasteiger partial charge in [0.25, 0.3) is 5.91 Å². The fourth-order valence-electron chi connectivity index (χ4n) is 3.92. The second kappa shape index (κ2) is 10.8. The Labute approximate surface area is 198 Å². The normalized spacial score (nSPS) is 14.6. The van der Waals surface area contributed by atoms with Gasteiger partial charge in [0, 0.05) is 43.4 Å². The minimum atomic E-state index is -0.158. The number of aryl methyl sites for hydroxylation is 1. The van der Waals surface area contributed by atoms with Crippen LogP contribution in [0, 0.1) is 6.92 Å². The Morgan fingerprint density at radius 1 is 1.06 bits per heavy atom. The van der Waals surface area contributed by atoms with Crippen LogP contribution in [-0.2, 0) is 9.59 Å². The third-order valence-electron chi connectivity index (χ3n) is 5.68. The van der Waals surface area contributed by atoms with Gasteiger partial charge >= 0.3 is 0 Å². The molecule has 2 aromatic carbocycles. The van der Waals surface area contributed by atoms with E-state index in [0.29, 0.717) is 49.1 Å². The first kappa shape index (κ1) is 23.3. The van der Waals surface area contributed by atoms with Crippen molar-refractivity contribution in [2.75, 3.05) is 45.2 Å². The van der Waals surface area contributed by atoms with Crippen LogP contribution in [0.15, 0.2) is 65.2 Å². The predicted molar refractivity (Wildman–Crippen MR) is 130 cm³/mol. The number of nitrogens with zero attached hydrogens (tertiary/aromatic N) is 3. The van der Waals surface area contributed by atoms with Crippen molar-refractivity contribution in [1.82, 2.24) is 15.0 Å². The molecule has 1 fully saturated rings. The molecule has 4 rings (SSSR count). The van der Waals surface area contributed by atoms with Crippen LogP contribution in [0.3, 0.4) is 0 Å². The van der Waals surface area contributed by atoms with Crippen LogP contribution in [0.25, 0.3) is 11.6 Å². The fourth-order valence-corrected chi connectivity index (χ4v) is 3.92. The van der Waals surface area contributed by atoms with Crippen LogP contribution < -0.4 is 10.1 Å². The number of carbonyl (C=O) groups is 2. The molecule has 0 bridgehead atoms. The van der Waals surface area contributed by atoms with E-state index in [1.54, 1.807) is 20.1 Å². The molecule has 8 heteroatoms. The summed E-state index contributed by atoms with van der Waals surface area (Å²) in [6.07, 6.45) is 1.89. The third-order valence-corrected chi connectivity index (χ3v) is 5.68. The van der Waals surface area contributed by atoms with E-state index < -0.39 is 0 Å². The zero-order valence-electron chi connectivity index (χ0n) is 19.4. The first-order valence-corrected chi connectivity index (χ1v) is 11.2. The van der Waals surface area contributed by atoms with Gasteiger partial charge in [0.15, 0.2) is 5.82 Å². The molecule has 0 aliphatic carbocycles. The van der Waals surface area contributed by atoms with Gasteiger partial charge in [0.05, 0.1) is 13.7 Å². The zero-order valence-corrected chi connectivity index (χ0v) is 19.4. The number of ether oxygens (including phenoxy) is 1. The predicted octanol–water partition coefficient (Wildman–Crippen LogP) is 3.32. The third kappa shape index (κ3) is 5.71. The molecule has 34 heavy (non-hydrogen) atoms. The molecule has 1 aromatic heterocycles. The molecule has 2 heterocycles. The van der Waals surface area contributed by atoms with Gasteiger partial charge in [-0.25, -0.2) is 0 Å². The minimum Gasteiger partial charge on any atom is -0.496 e. The number of methoxy groups -OCH3 is 1. The van der Waals surface area contributed by atoms with Crippen molar-refractivity contribution >= 4 is 29.3 Å². The zero-order chi connectivity index (χ0) is 23.9. The molecule has 3 aromatic rings. The first-order chi connectivity index (χ1) is 16.5. The summed E-state index contributed by atoms with van der Waals surface area (Å²) in [7, 11) is 1.62. The minimum absolute atomic E-state index is 0.0423. The standard InChI is InChI=1S/C26H28N4O4/c1-19-16-24(28-34-19)27-25(31)18-29-12-14-30(15-13-29)26(32)22(20-8-4-3-5-9-20)17-21-10-6-7-11-23(21)33-2/h3-11,16-17H,12-15,18H2,1-2H3,(H,27,28,31)/b22-17+. The lowest BCUT2D eigenvalue weighted by atomic mass is 10.0. The van der Waals surface area contributed by atoms with E-state index in [0.717, 1.165) is 11.1 Å². The van der Waals surface area contributed by atoms with Gasteiger partial charge in [-0.1, -0.05) is 53.7 Å². The average Bonchev–Trinajstić information content (AvgIpc) is 3.27. The van der Waals surface area contributed by atoms with E-state index in [1.807, 2.05) is 70.5 Å². The maximum Gasteiger partial charge on any atom is 0.254 e. The van der Waals surface area contributed by atoms with Gasteiger partial charge in [-0.05, 0) is 24.6 Å². The van der Waals surface area contributed by atoms with Gasteiger partial charge in [-0.3, -0.25) is 14.5 Å². The van der Waals surface area contributed by atoms with Crippen LogP contribution in [0.2, 0.25) is 0 Å². The second-order valence-electron chi connectivity index (χ2n) is 8.11. The SMILES string of the molecule is COc1ccccc1/C=C(/C(=O)N1CCN(CC(=O)Nc2cc(C)on2)CC1)c1ccccc1. The van der Waals surface area contributed by atoms with E-state index in [4.69, 9.17) is 9.26 Å². The lowest BCUT2D eigenvalue weighted by Crippen LogP contribution is -2.50. The summed E-state index contributed by atoms with van der Waals surface area (Å²) in [4.78, 5) is 29.8. The quantitative estimate of drug-likeness (QED) is 0.430. The molecule has 1 N–H and O–H groups in total. The van der Waals surface area contributed by atoms with Crippen LogP contribution in [-0.4, -0.2) is 66.6 Å². The van der Waals surface area contributed by atoms with Crippen molar-refractivity contribution in [3.8, 4) is 5.75 Å². The maximum atomic E-state index is 13.6. The molecule has 0 radical (unpaired) electrons. The summed E-state index contributed by atoms with van der Waals surface area (Å²) in [5.74, 6) is 1.55. The van der Waals surface area contributed by atoms with Crippen molar-refractivity contribution in [3.05, 3.63) is 77.6 Å². The summed E-state index contributed by atoms with van der Waals surface area (Å²) < 4.78 is 10.5. The van der Waals surface area contributed by atoms with E-state index in [2.05, 4.69) is 10.5 Å². The van der Waals surface area contributed by atoms with E-state index in [1.165, 1.54) is 0 Å². The van der Waals surface area contributed by atoms with Gasteiger partial charge < -0.3 is 19.5 Å². The maximum absolute atomic E-state index is 13.6. The topological polar surface area (TPSA) is 87.9 Å². The number of benzene rings is 2. The number of amides is 2. The summed E-state index contributed by atoms with van der Waals surface area (Å²) in [5.41, 5.74) is 2.30. The highest BCUT2D eigenvalue weighted by atomic mass is 16.5. The van der Waals surface area contributed by atoms with Crippen molar-refractivity contribution in [1.29, 1.82) is 0 Å². The number of para-hydroxylation sites is 1. The monoisotopic (exact) mass is 460 g/mol. The number of rotatable bonds is 7. The Morgan fingerprint density at radius 3 is 2.44 bits per heavy atom.